The first-order chi connectivity index (χ1) is 7.60. The molecule has 0 radical (unpaired) electrons. The number of alkyl halides is 1. The van der Waals surface area contributed by atoms with Crippen LogP contribution in [-0.4, -0.2) is 16.8 Å². The van der Waals surface area contributed by atoms with Crippen molar-refractivity contribution in [2.24, 2.45) is 5.92 Å². The van der Waals surface area contributed by atoms with E-state index in [1.165, 1.54) is 12.5 Å². The number of hydrogen-bond donors (Lipinski definition) is 1. The first kappa shape index (κ1) is 13.2. The Bertz CT molecular complexity index is 345. The van der Waals surface area contributed by atoms with Crippen LogP contribution in [0.2, 0.25) is 0 Å². The van der Waals surface area contributed by atoms with E-state index in [2.05, 4.69) is 6.92 Å². The molecule has 16 heavy (non-hydrogen) atoms. The summed E-state index contributed by atoms with van der Waals surface area (Å²) in [6.45, 7) is 3.53. The number of aliphatic hydroxyl groups excluding tert-OH is 1. The number of benzene rings is 1. The van der Waals surface area contributed by atoms with Gasteiger partial charge in [0, 0.05) is 5.88 Å². The lowest BCUT2D eigenvalue weighted by Gasteiger charge is -2.18. The van der Waals surface area contributed by atoms with Crippen LogP contribution in [-0.2, 0) is 11.2 Å². The van der Waals surface area contributed by atoms with Gasteiger partial charge in [0.25, 0.3) is 0 Å². The third-order valence-corrected chi connectivity index (χ3v) is 3.13. The normalized spacial score (nSPS) is 14.5. The smallest absolute Gasteiger partial charge is 0.137 e. The summed E-state index contributed by atoms with van der Waals surface area (Å²) < 4.78 is 0. The summed E-state index contributed by atoms with van der Waals surface area (Å²) in [4.78, 5) is 11.3. The molecule has 0 aromatic heterocycles. The van der Waals surface area contributed by atoms with Crippen molar-refractivity contribution < 1.29 is 9.90 Å². The molecule has 2 nitrogen and oxygen atoms in total. The molecule has 3 heteroatoms. The van der Waals surface area contributed by atoms with E-state index >= 15 is 0 Å². The Balaban J connectivity index is 2.86. The minimum absolute atomic E-state index is 0.0814. The maximum atomic E-state index is 11.3. The van der Waals surface area contributed by atoms with Crippen molar-refractivity contribution in [3.8, 4) is 0 Å². The fourth-order valence-electron chi connectivity index (χ4n) is 1.60. The predicted octanol–water partition coefficient (Wildman–Crippen LogP) is 2.73. The zero-order chi connectivity index (χ0) is 12.1. The highest BCUT2D eigenvalue weighted by Gasteiger charge is 2.23. The fraction of sp³-hybridized carbons (Fsp3) is 0.462. The molecule has 0 aliphatic heterocycles. The summed E-state index contributed by atoms with van der Waals surface area (Å²) in [6.07, 6.45) is 0.156. The molecule has 0 fully saturated rings. The number of Topliss-reactive ketones (excluding diaryl/α,β-unsaturated/α-hetero) is 1. The van der Waals surface area contributed by atoms with E-state index in [1.54, 1.807) is 0 Å². The van der Waals surface area contributed by atoms with Gasteiger partial charge < -0.3 is 5.11 Å². The van der Waals surface area contributed by atoms with Gasteiger partial charge in [0.1, 0.15) is 5.78 Å². The minimum Gasteiger partial charge on any atom is -0.388 e. The van der Waals surface area contributed by atoms with Gasteiger partial charge >= 0.3 is 0 Å². The maximum Gasteiger partial charge on any atom is 0.137 e. The molecule has 2 unspecified atom stereocenters. The van der Waals surface area contributed by atoms with Gasteiger partial charge in [-0.1, -0.05) is 31.2 Å². The monoisotopic (exact) mass is 240 g/mol. The highest BCUT2D eigenvalue weighted by atomic mass is 35.5. The van der Waals surface area contributed by atoms with E-state index < -0.39 is 12.0 Å². The maximum absolute atomic E-state index is 11.3. The summed E-state index contributed by atoms with van der Waals surface area (Å²) in [6, 6.07) is 7.63. The fourth-order valence-corrected chi connectivity index (χ4v) is 1.98. The number of aryl methyl sites for hydroxylation is 1. The number of hydrogen-bond acceptors (Lipinski definition) is 2. The first-order valence-corrected chi connectivity index (χ1v) is 5.97. The second kappa shape index (κ2) is 6.02. The van der Waals surface area contributed by atoms with Crippen molar-refractivity contribution in [3.05, 3.63) is 35.4 Å². The molecule has 0 saturated heterocycles. The second-order valence-electron chi connectivity index (χ2n) is 3.91. The van der Waals surface area contributed by atoms with Crippen LogP contribution >= 0.6 is 11.6 Å². The van der Waals surface area contributed by atoms with E-state index in [4.69, 9.17) is 11.6 Å². The van der Waals surface area contributed by atoms with Gasteiger partial charge in [-0.25, -0.2) is 0 Å². The summed E-state index contributed by atoms with van der Waals surface area (Å²) in [5.41, 5.74) is 1.96. The Morgan fingerprint density at radius 1 is 1.38 bits per heavy atom. The first-order valence-electron chi connectivity index (χ1n) is 5.43. The molecule has 1 aromatic carbocycles. The molecule has 1 aromatic rings. The summed E-state index contributed by atoms with van der Waals surface area (Å²) in [7, 11) is 0. The highest BCUT2D eigenvalue weighted by Crippen LogP contribution is 2.24. The van der Waals surface area contributed by atoms with Crippen LogP contribution in [0.1, 0.15) is 31.1 Å². The number of rotatable bonds is 5. The zero-order valence-electron chi connectivity index (χ0n) is 9.61. The molecule has 1 N–H and O–H groups in total. The lowest BCUT2D eigenvalue weighted by Crippen LogP contribution is -2.21. The molecular weight excluding hydrogens is 224 g/mol. The van der Waals surface area contributed by atoms with E-state index in [0.29, 0.717) is 0 Å². The summed E-state index contributed by atoms with van der Waals surface area (Å²) in [5, 5.41) is 10.0. The van der Waals surface area contributed by atoms with E-state index in [0.717, 1.165) is 12.0 Å². The lowest BCUT2D eigenvalue weighted by molar-refractivity contribution is -0.123. The molecular formula is C13H17ClO2. The van der Waals surface area contributed by atoms with Crippen LogP contribution < -0.4 is 0 Å². The van der Waals surface area contributed by atoms with Crippen molar-refractivity contribution in [1.29, 1.82) is 0 Å². The Hall–Kier alpha value is -0.860. The van der Waals surface area contributed by atoms with Gasteiger partial charge in [0.05, 0.1) is 12.0 Å². The number of aliphatic hydroxyl groups is 1. The Morgan fingerprint density at radius 2 is 1.94 bits per heavy atom. The van der Waals surface area contributed by atoms with Gasteiger partial charge in [-0.05, 0) is 24.5 Å². The topological polar surface area (TPSA) is 37.3 Å². The Kier molecular flexibility index (Phi) is 4.97. The third-order valence-electron chi connectivity index (χ3n) is 2.80. The zero-order valence-corrected chi connectivity index (χ0v) is 10.4. The van der Waals surface area contributed by atoms with Gasteiger partial charge in [0.2, 0.25) is 0 Å². The van der Waals surface area contributed by atoms with Crippen LogP contribution in [0.3, 0.4) is 0 Å². The molecule has 88 valence electrons. The van der Waals surface area contributed by atoms with Gasteiger partial charge in [-0.3, -0.25) is 4.79 Å². The van der Waals surface area contributed by atoms with Crippen LogP contribution in [0.15, 0.2) is 24.3 Å². The molecule has 0 aliphatic carbocycles. The van der Waals surface area contributed by atoms with Crippen LogP contribution in [0.4, 0.5) is 0 Å². The number of halogens is 1. The average Bonchev–Trinajstić information content (AvgIpc) is 2.29. The molecule has 2 atom stereocenters. The van der Waals surface area contributed by atoms with Crippen molar-refractivity contribution in [3.63, 3.8) is 0 Å². The quantitative estimate of drug-likeness (QED) is 0.804. The minimum atomic E-state index is -0.805. The lowest BCUT2D eigenvalue weighted by atomic mass is 9.93. The summed E-state index contributed by atoms with van der Waals surface area (Å²) >= 11 is 5.69. The van der Waals surface area contributed by atoms with Crippen molar-refractivity contribution in [1.82, 2.24) is 0 Å². The number of ketones is 1. The molecule has 0 spiro atoms. The average molecular weight is 241 g/mol. The van der Waals surface area contributed by atoms with Crippen molar-refractivity contribution >= 4 is 17.4 Å². The molecule has 0 heterocycles. The van der Waals surface area contributed by atoms with E-state index in [1.807, 2.05) is 24.3 Å². The Labute approximate surface area is 101 Å². The van der Waals surface area contributed by atoms with Crippen molar-refractivity contribution in [2.75, 3.05) is 5.88 Å². The molecule has 0 saturated carbocycles. The van der Waals surface area contributed by atoms with Crippen LogP contribution in [0.5, 0.6) is 0 Å². The second-order valence-corrected chi connectivity index (χ2v) is 4.22. The summed E-state index contributed by atoms with van der Waals surface area (Å²) in [5.74, 6) is -0.456. The number of carbonyl (C=O) groups is 1. The largest absolute Gasteiger partial charge is 0.388 e. The molecule has 0 amide bonds. The number of carbonyl (C=O) groups excluding carboxylic acids is 1. The third kappa shape index (κ3) is 3.06. The molecule has 0 bridgehead atoms. The molecule has 0 aliphatic rings. The van der Waals surface area contributed by atoms with Gasteiger partial charge in [0.15, 0.2) is 0 Å². The SMILES string of the molecule is CCc1ccc(C(O)C(CCl)C(C)=O)cc1. The van der Waals surface area contributed by atoms with Crippen LogP contribution in [0.25, 0.3) is 0 Å². The predicted molar refractivity (Wildman–Crippen MR) is 65.7 cm³/mol. The van der Waals surface area contributed by atoms with Gasteiger partial charge in [-0.2, -0.15) is 0 Å². The molecule has 1 rings (SSSR count). The highest BCUT2D eigenvalue weighted by molar-refractivity contribution is 6.19. The standard InChI is InChI=1S/C13H17ClO2/c1-3-10-4-6-11(7-5-10)13(16)12(8-14)9(2)15/h4-7,12-13,16H,3,8H2,1-2H3. The van der Waals surface area contributed by atoms with Gasteiger partial charge in [-0.15, -0.1) is 11.6 Å². The van der Waals surface area contributed by atoms with Crippen molar-refractivity contribution in [2.45, 2.75) is 26.4 Å². The van der Waals surface area contributed by atoms with E-state index in [-0.39, 0.29) is 11.7 Å². The van der Waals surface area contributed by atoms with E-state index in [9.17, 15) is 9.90 Å². The van der Waals surface area contributed by atoms with Crippen LogP contribution in [0, 0.1) is 5.92 Å². The Morgan fingerprint density at radius 3 is 2.31 bits per heavy atom.